The molecule has 0 radical (unpaired) electrons. The molecule has 0 saturated carbocycles. The van der Waals surface area contributed by atoms with Gasteiger partial charge in [-0.2, -0.15) is 0 Å². The molecule has 0 aliphatic heterocycles. The van der Waals surface area contributed by atoms with Gasteiger partial charge in [-0.1, -0.05) is 18.6 Å². The average Bonchev–Trinajstić information content (AvgIpc) is 2.47. The van der Waals surface area contributed by atoms with Crippen LogP contribution < -0.4 is 10.6 Å². The van der Waals surface area contributed by atoms with Crippen LogP contribution in [-0.4, -0.2) is 17.4 Å². The maximum Gasteiger partial charge on any atom is 0.257 e. The Labute approximate surface area is 119 Å². The summed E-state index contributed by atoms with van der Waals surface area (Å²) in [4.78, 5) is 16.3. The number of hydrogen-bond acceptors (Lipinski definition) is 3. The molecule has 0 spiro atoms. The Kier molecular flexibility index (Phi) is 4.71. The van der Waals surface area contributed by atoms with Crippen LogP contribution >= 0.6 is 0 Å². The number of aromatic nitrogens is 1. The van der Waals surface area contributed by atoms with Gasteiger partial charge in [0.2, 0.25) is 0 Å². The summed E-state index contributed by atoms with van der Waals surface area (Å²) in [5.74, 6) is -0.112. The van der Waals surface area contributed by atoms with Gasteiger partial charge in [-0.25, -0.2) is 0 Å². The van der Waals surface area contributed by atoms with Crippen molar-refractivity contribution < 1.29 is 4.79 Å². The zero-order valence-electron chi connectivity index (χ0n) is 11.8. The molecule has 2 aromatic rings. The summed E-state index contributed by atoms with van der Waals surface area (Å²) in [6, 6.07) is 9.39. The number of amides is 1. The number of nitrogens with one attached hydrogen (secondary N) is 2. The topological polar surface area (TPSA) is 54.0 Å². The molecule has 1 aromatic carbocycles. The molecule has 104 valence electrons. The van der Waals surface area contributed by atoms with Crippen LogP contribution in [0.2, 0.25) is 0 Å². The number of aryl methyl sites for hydroxylation is 1. The van der Waals surface area contributed by atoms with E-state index in [0.29, 0.717) is 5.56 Å². The zero-order valence-corrected chi connectivity index (χ0v) is 11.8. The molecule has 0 atom stereocenters. The van der Waals surface area contributed by atoms with Crippen LogP contribution in [0.25, 0.3) is 0 Å². The normalized spacial score (nSPS) is 10.1. The second kappa shape index (κ2) is 6.70. The fourth-order valence-electron chi connectivity index (χ4n) is 1.89. The van der Waals surface area contributed by atoms with Gasteiger partial charge in [-0.3, -0.25) is 9.78 Å². The second-order valence-electron chi connectivity index (χ2n) is 4.67. The highest BCUT2D eigenvalue weighted by atomic mass is 16.1. The van der Waals surface area contributed by atoms with Crippen molar-refractivity contribution in [1.29, 1.82) is 0 Å². The van der Waals surface area contributed by atoms with E-state index in [-0.39, 0.29) is 5.91 Å². The zero-order chi connectivity index (χ0) is 14.4. The molecule has 0 fully saturated rings. The Bertz CT molecular complexity index is 582. The van der Waals surface area contributed by atoms with Gasteiger partial charge in [0.15, 0.2) is 0 Å². The summed E-state index contributed by atoms with van der Waals surface area (Å²) in [6.07, 6.45) is 4.32. The maximum atomic E-state index is 12.4. The van der Waals surface area contributed by atoms with E-state index in [9.17, 15) is 4.79 Å². The molecule has 0 unspecified atom stereocenters. The van der Waals surface area contributed by atoms with Crippen molar-refractivity contribution >= 4 is 17.3 Å². The SMILES string of the molecule is CCCNc1ccc(C)cc1C(=O)Nc1ccncc1. The summed E-state index contributed by atoms with van der Waals surface area (Å²) < 4.78 is 0. The molecule has 1 amide bonds. The van der Waals surface area contributed by atoms with Crippen LogP contribution in [-0.2, 0) is 0 Å². The van der Waals surface area contributed by atoms with Crippen LogP contribution in [0, 0.1) is 6.92 Å². The monoisotopic (exact) mass is 269 g/mol. The lowest BCUT2D eigenvalue weighted by atomic mass is 10.1. The van der Waals surface area contributed by atoms with Crippen molar-refractivity contribution in [2.75, 3.05) is 17.2 Å². The van der Waals surface area contributed by atoms with Gasteiger partial charge >= 0.3 is 0 Å². The third-order valence-electron chi connectivity index (χ3n) is 2.92. The lowest BCUT2D eigenvalue weighted by molar-refractivity contribution is 0.102. The molecule has 1 heterocycles. The van der Waals surface area contributed by atoms with E-state index in [1.54, 1.807) is 24.5 Å². The molecule has 2 rings (SSSR count). The second-order valence-corrected chi connectivity index (χ2v) is 4.67. The molecule has 0 bridgehead atoms. The summed E-state index contributed by atoms with van der Waals surface area (Å²) in [6.45, 7) is 4.92. The highest BCUT2D eigenvalue weighted by molar-refractivity contribution is 6.08. The highest BCUT2D eigenvalue weighted by Gasteiger charge is 2.11. The minimum Gasteiger partial charge on any atom is -0.384 e. The Morgan fingerprint density at radius 2 is 1.95 bits per heavy atom. The smallest absolute Gasteiger partial charge is 0.257 e. The number of benzene rings is 1. The first-order valence-electron chi connectivity index (χ1n) is 6.76. The van der Waals surface area contributed by atoms with Crippen LogP contribution in [0.4, 0.5) is 11.4 Å². The summed E-state index contributed by atoms with van der Waals surface area (Å²) >= 11 is 0. The van der Waals surface area contributed by atoms with Gasteiger partial charge in [-0.05, 0) is 37.6 Å². The number of nitrogens with zero attached hydrogens (tertiary/aromatic N) is 1. The molecule has 0 aliphatic carbocycles. The number of hydrogen-bond donors (Lipinski definition) is 2. The number of pyridine rings is 1. The minimum atomic E-state index is -0.112. The Hall–Kier alpha value is -2.36. The molecule has 4 heteroatoms. The molecule has 1 aromatic heterocycles. The standard InChI is InChI=1S/C16H19N3O/c1-3-8-18-15-5-4-12(2)11-14(15)16(20)19-13-6-9-17-10-7-13/h4-7,9-11,18H,3,8H2,1-2H3,(H,17,19,20). The first-order chi connectivity index (χ1) is 9.70. The third kappa shape index (κ3) is 3.57. The molecule has 0 saturated heterocycles. The highest BCUT2D eigenvalue weighted by Crippen LogP contribution is 2.19. The summed E-state index contributed by atoms with van der Waals surface area (Å²) in [5.41, 5.74) is 3.33. The van der Waals surface area contributed by atoms with Crippen LogP contribution in [0.15, 0.2) is 42.7 Å². The molecule has 4 nitrogen and oxygen atoms in total. The fourth-order valence-corrected chi connectivity index (χ4v) is 1.89. The Morgan fingerprint density at radius 1 is 1.20 bits per heavy atom. The third-order valence-corrected chi connectivity index (χ3v) is 2.92. The van der Waals surface area contributed by atoms with E-state index in [1.165, 1.54) is 0 Å². The Balaban J connectivity index is 2.21. The Morgan fingerprint density at radius 3 is 2.65 bits per heavy atom. The van der Waals surface area contributed by atoms with Crippen molar-refractivity contribution in [3.63, 3.8) is 0 Å². The molecular weight excluding hydrogens is 250 g/mol. The predicted molar refractivity (Wildman–Crippen MR) is 82.1 cm³/mol. The van der Waals surface area contributed by atoms with E-state index >= 15 is 0 Å². The maximum absolute atomic E-state index is 12.4. The number of carbonyl (C=O) groups is 1. The summed E-state index contributed by atoms with van der Waals surface area (Å²) in [5, 5.41) is 6.17. The van der Waals surface area contributed by atoms with Gasteiger partial charge in [-0.15, -0.1) is 0 Å². The van der Waals surface area contributed by atoms with Crippen LogP contribution in [0.5, 0.6) is 0 Å². The average molecular weight is 269 g/mol. The largest absolute Gasteiger partial charge is 0.384 e. The van der Waals surface area contributed by atoms with Gasteiger partial charge < -0.3 is 10.6 Å². The number of anilines is 2. The van der Waals surface area contributed by atoms with E-state index in [1.807, 2.05) is 25.1 Å². The van der Waals surface area contributed by atoms with Crippen LogP contribution in [0.3, 0.4) is 0 Å². The van der Waals surface area contributed by atoms with E-state index in [0.717, 1.165) is 29.9 Å². The molecule has 2 N–H and O–H groups in total. The van der Waals surface area contributed by atoms with Gasteiger partial charge in [0.1, 0.15) is 0 Å². The van der Waals surface area contributed by atoms with Crippen LogP contribution in [0.1, 0.15) is 29.3 Å². The first-order valence-corrected chi connectivity index (χ1v) is 6.76. The number of carbonyl (C=O) groups excluding carboxylic acids is 1. The lowest BCUT2D eigenvalue weighted by Gasteiger charge is -2.12. The van der Waals surface area contributed by atoms with Crippen molar-refractivity contribution in [1.82, 2.24) is 4.98 Å². The van der Waals surface area contributed by atoms with Crippen molar-refractivity contribution in [3.8, 4) is 0 Å². The predicted octanol–water partition coefficient (Wildman–Crippen LogP) is 3.46. The van der Waals surface area contributed by atoms with E-state index < -0.39 is 0 Å². The van der Waals surface area contributed by atoms with Gasteiger partial charge in [0, 0.05) is 30.3 Å². The minimum absolute atomic E-state index is 0.112. The molecule has 20 heavy (non-hydrogen) atoms. The van der Waals surface area contributed by atoms with Crippen molar-refractivity contribution in [3.05, 3.63) is 53.9 Å². The van der Waals surface area contributed by atoms with Gasteiger partial charge in [0.25, 0.3) is 5.91 Å². The van der Waals surface area contributed by atoms with E-state index in [2.05, 4.69) is 22.5 Å². The van der Waals surface area contributed by atoms with E-state index in [4.69, 9.17) is 0 Å². The lowest BCUT2D eigenvalue weighted by Crippen LogP contribution is -2.15. The first kappa shape index (κ1) is 14.1. The number of rotatable bonds is 5. The molecular formula is C16H19N3O. The van der Waals surface area contributed by atoms with Gasteiger partial charge in [0.05, 0.1) is 5.56 Å². The molecule has 0 aliphatic rings. The fraction of sp³-hybridized carbons (Fsp3) is 0.250. The quantitative estimate of drug-likeness (QED) is 0.874. The van der Waals surface area contributed by atoms with Crippen molar-refractivity contribution in [2.24, 2.45) is 0 Å². The van der Waals surface area contributed by atoms with Crippen molar-refractivity contribution in [2.45, 2.75) is 20.3 Å². The summed E-state index contributed by atoms with van der Waals surface area (Å²) in [7, 11) is 0.